The Morgan fingerprint density at radius 2 is 2.00 bits per heavy atom. The first-order valence-corrected chi connectivity index (χ1v) is 6.42. The number of rotatable bonds is 5. The zero-order valence-electron chi connectivity index (χ0n) is 11.0. The first-order chi connectivity index (χ1) is 8.70. The van der Waals surface area contributed by atoms with Gasteiger partial charge in [0.1, 0.15) is 12.2 Å². The Morgan fingerprint density at radius 1 is 1.28 bits per heavy atom. The second kappa shape index (κ2) is 5.67. The zero-order valence-corrected chi connectivity index (χ0v) is 11.0. The van der Waals surface area contributed by atoms with Gasteiger partial charge in [0.15, 0.2) is 0 Å². The summed E-state index contributed by atoms with van der Waals surface area (Å²) in [6.45, 7) is 5.35. The number of benzene rings is 1. The van der Waals surface area contributed by atoms with E-state index in [0.29, 0.717) is 5.92 Å². The van der Waals surface area contributed by atoms with Crippen LogP contribution in [0.25, 0.3) is 0 Å². The summed E-state index contributed by atoms with van der Waals surface area (Å²) in [5, 5.41) is 8.20. The maximum atomic E-state index is 5.70. The van der Waals surface area contributed by atoms with Crippen LogP contribution in [0.1, 0.15) is 37.6 Å². The van der Waals surface area contributed by atoms with Crippen LogP contribution < -0.4 is 5.73 Å². The molecule has 4 heteroatoms. The van der Waals surface area contributed by atoms with Crippen LogP contribution in [-0.2, 0) is 13.0 Å². The molecule has 96 valence electrons. The number of nitrogens with two attached hydrogens (primary N) is 1. The second-order valence-corrected chi connectivity index (χ2v) is 4.71. The lowest BCUT2D eigenvalue weighted by Crippen LogP contribution is -2.07. The molecule has 1 atom stereocenters. The third-order valence-electron chi connectivity index (χ3n) is 3.15. The first kappa shape index (κ1) is 12.6. The lowest BCUT2D eigenvalue weighted by atomic mass is 9.97. The number of aromatic nitrogens is 3. The Morgan fingerprint density at radius 3 is 2.67 bits per heavy atom. The quantitative estimate of drug-likeness (QED) is 0.822. The molecule has 1 aromatic heterocycles. The van der Waals surface area contributed by atoms with Gasteiger partial charge in [0.25, 0.3) is 0 Å². The number of hydrogen-bond acceptors (Lipinski definition) is 3. The molecule has 0 aliphatic heterocycles. The second-order valence-electron chi connectivity index (χ2n) is 4.71. The molecule has 1 aromatic carbocycles. The highest BCUT2D eigenvalue weighted by Gasteiger charge is 2.11. The van der Waals surface area contributed by atoms with Crippen LogP contribution >= 0.6 is 0 Å². The molecule has 0 bridgehead atoms. The van der Waals surface area contributed by atoms with Gasteiger partial charge in [-0.3, -0.25) is 0 Å². The van der Waals surface area contributed by atoms with Crippen molar-refractivity contribution in [2.45, 2.75) is 39.2 Å². The van der Waals surface area contributed by atoms with Crippen LogP contribution in [-0.4, -0.2) is 14.8 Å². The van der Waals surface area contributed by atoms with E-state index in [1.807, 2.05) is 18.5 Å². The minimum absolute atomic E-state index is 0.422. The summed E-state index contributed by atoms with van der Waals surface area (Å²) in [6, 6.07) is 8.06. The lowest BCUT2D eigenvalue weighted by molar-refractivity contribution is 0.608. The van der Waals surface area contributed by atoms with E-state index in [2.05, 4.69) is 40.7 Å². The van der Waals surface area contributed by atoms with Crippen molar-refractivity contribution in [2.24, 2.45) is 0 Å². The summed E-state index contributed by atoms with van der Waals surface area (Å²) in [5.41, 5.74) is 7.79. The summed E-state index contributed by atoms with van der Waals surface area (Å²) in [5.74, 6) is 1.48. The van der Waals surface area contributed by atoms with Gasteiger partial charge >= 0.3 is 0 Å². The number of aryl methyl sites for hydroxylation is 1. The molecule has 0 saturated carbocycles. The third-order valence-corrected chi connectivity index (χ3v) is 3.15. The predicted octanol–water partition coefficient (Wildman–Crippen LogP) is 2.62. The Kier molecular flexibility index (Phi) is 3.97. The minimum atomic E-state index is 0.422. The van der Waals surface area contributed by atoms with Gasteiger partial charge in [-0.2, -0.15) is 0 Å². The van der Waals surface area contributed by atoms with Crippen LogP contribution in [0, 0.1) is 0 Å². The molecule has 2 N–H and O–H groups in total. The van der Waals surface area contributed by atoms with Crippen molar-refractivity contribution in [3.8, 4) is 0 Å². The molecule has 18 heavy (non-hydrogen) atoms. The molecule has 0 aliphatic rings. The Balaban J connectivity index is 2.08. The van der Waals surface area contributed by atoms with Crippen molar-refractivity contribution in [1.82, 2.24) is 14.8 Å². The van der Waals surface area contributed by atoms with E-state index in [4.69, 9.17) is 5.73 Å². The zero-order chi connectivity index (χ0) is 13.0. The average molecular weight is 244 g/mol. The summed E-state index contributed by atoms with van der Waals surface area (Å²) in [7, 11) is 0. The van der Waals surface area contributed by atoms with E-state index in [1.165, 1.54) is 5.56 Å². The minimum Gasteiger partial charge on any atom is -0.399 e. The van der Waals surface area contributed by atoms with E-state index < -0.39 is 0 Å². The van der Waals surface area contributed by atoms with Gasteiger partial charge in [-0.25, -0.2) is 0 Å². The summed E-state index contributed by atoms with van der Waals surface area (Å²) >= 11 is 0. The predicted molar refractivity (Wildman–Crippen MR) is 73.3 cm³/mol. The van der Waals surface area contributed by atoms with E-state index in [-0.39, 0.29) is 0 Å². The number of anilines is 1. The number of nitrogen functional groups attached to an aromatic ring is 1. The fraction of sp³-hybridized carbons (Fsp3) is 0.429. The van der Waals surface area contributed by atoms with Crippen molar-refractivity contribution in [2.75, 3.05) is 5.73 Å². The molecule has 2 rings (SSSR count). The highest BCUT2D eigenvalue weighted by molar-refractivity contribution is 5.40. The van der Waals surface area contributed by atoms with Crippen molar-refractivity contribution < 1.29 is 0 Å². The molecule has 0 saturated heterocycles. The molecule has 1 unspecified atom stereocenters. The lowest BCUT2D eigenvalue weighted by Gasteiger charge is -2.12. The first-order valence-electron chi connectivity index (χ1n) is 6.42. The Labute approximate surface area is 108 Å². The average Bonchev–Trinajstić information content (AvgIpc) is 2.78. The molecule has 1 heterocycles. The monoisotopic (exact) mass is 244 g/mol. The highest BCUT2D eigenvalue weighted by Crippen LogP contribution is 2.20. The molecule has 0 radical (unpaired) electrons. The molecule has 0 fully saturated rings. The maximum absolute atomic E-state index is 5.70. The molecule has 2 aromatic rings. The van der Waals surface area contributed by atoms with Crippen LogP contribution in [0.15, 0.2) is 30.6 Å². The molecule has 0 spiro atoms. The van der Waals surface area contributed by atoms with Crippen molar-refractivity contribution >= 4 is 5.69 Å². The fourth-order valence-electron chi connectivity index (χ4n) is 2.08. The van der Waals surface area contributed by atoms with Gasteiger partial charge in [-0.15, -0.1) is 10.2 Å². The van der Waals surface area contributed by atoms with Gasteiger partial charge in [0.05, 0.1) is 0 Å². The molecule has 0 aliphatic carbocycles. The smallest absolute Gasteiger partial charge is 0.133 e. The van der Waals surface area contributed by atoms with E-state index >= 15 is 0 Å². The Bertz CT molecular complexity index is 487. The molecule has 4 nitrogen and oxygen atoms in total. The highest BCUT2D eigenvalue weighted by atomic mass is 15.3. The third kappa shape index (κ3) is 2.88. The van der Waals surface area contributed by atoms with Crippen LogP contribution in [0.5, 0.6) is 0 Å². The van der Waals surface area contributed by atoms with Crippen molar-refractivity contribution in [3.05, 3.63) is 42.0 Å². The standard InChI is InChI=1S/C14H20N4/c1-3-8-18-10-16-17-14(18)9-11(2)12-4-6-13(15)7-5-12/h4-7,10-11H,3,8-9,15H2,1-2H3. The summed E-state index contributed by atoms with van der Waals surface area (Å²) < 4.78 is 2.13. The van der Waals surface area contributed by atoms with Crippen LogP contribution in [0.3, 0.4) is 0 Å². The number of hydrogen-bond donors (Lipinski definition) is 1. The summed E-state index contributed by atoms with van der Waals surface area (Å²) in [4.78, 5) is 0. The Hall–Kier alpha value is -1.84. The molecule has 0 amide bonds. The topological polar surface area (TPSA) is 56.7 Å². The van der Waals surface area contributed by atoms with Crippen molar-refractivity contribution in [3.63, 3.8) is 0 Å². The maximum Gasteiger partial charge on any atom is 0.133 e. The number of nitrogens with zero attached hydrogens (tertiary/aromatic N) is 3. The van der Waals surface area contributed by atoms with Gasteiger partial charge in [-0.1, -0.05) is 26.0 Å². The van der Waals surface area contributed by atoms with E-state index in [9.17, 15) is 0 Å². The van der Waals surface area contributed by atoms with Crippen molar-refractivity contribution in [1.29, 1.82) is 0 Å². The SMILES string of the molecule is CCCn1cnnc1CC(C)c1ccc(N)cc1. The van der Waals surface area contributed by atoms with Gasteiger partial charge < -0.3 is 10.3 Å². The van der Waals surface area contributed by atoms with Crippen LogP contribution in [0.2, 0.25) is 0 Å². The summed E-state index contributed by atoms with van der Waals surface area (Å²) in [6.07, 6.45) is 3.82. The normalized spacial score (nSPS) is 12.6. The largest absolute Gasteiger partial charge is 0.399 e. The van der Waals surface area contributed by atoms with Crippen LogP contribution in [0.4, 0.5) is 5.69 Å². The van der Waals surface area contributed by atoms with E-state index in [1.54, 1.807) is 0 Å². The van der Waals surface area contributed by atoms with E-state index in [0.717, 1.165) is 30.9 Å². The van der Waals surface area contributed by atoms with Gasteiger partial charge in [0, 0.05) is 18.7 Å². The molecular weight excluding hydrogens is 224 g/mol. The molecular formula is C14H20N4. The van der Waals surface area contributed by atoms with Gasteiger partial charge in [-0.05, 0) is 30.0 Å². The fourth-order valence-corrected chi connectivity index (χ4v) is 2.08. The van der Waals surface area contributed by atoms with Gasteiger partial charge in [0.2, 0.25) is 0 Å².